The molecular formula is C13H12NO4-. The van der Waals surface area contributed by atoms with E-state index in [4.69, 9.17) is 0 Å². The number of fused-ring (bicyclic) bond motifs is 1. The monoisotopic (exact) mass is 246 g/mol. The molecule has 5 heteroatoms. The number of carboxylic acids is 1. The predicted molar refractivity (Wildman–Crippen MR) is 61.0 cm³/mol. The molecule has 5 nitrogen and oxygen atoms in total. The summed E-state index contributed by atoms with van der Waals surface area (Å²) in [7, 11) is 0. The normalized spacial score (nSPS) is 15.8. The van der Waals surface area contributed by atoms with Gasteiger partial charge < -0.3 is 9.90 Å². The predicted octanol–water partition coefficient (Wildman–Crippen LogP) is 0.445. The second kappa shape index (κ2) is 4.25. The standard InChI is InChI=1S/C13H13NO4/c1-3-7(2)14-11(15)9-5-4-8(13(17)18)6-10(9)12(14)16/h4-7H,3H2,1-2H3,(H,17,18)/p-1. The van der Waals surface area contributed by atoms with E-state index >= 15 is 0 Å². The van der Waals surface area contributed by atoms with E-state index in [1.165, 1.54) is 23.1 Å². The van der Waals surface area contributed by atoms with Gasteiger partial charge in [-0.2, -0.15) is 0 Å². The molecule has 1 heterocycles. The summed E-state index contributed by atoms with van der Waals surface area (Å²) in [5.41, 5.74) is 0.299. The Morgan fingerprint density at radius 3 is 2.44 bits per heavy atom. The van der Waals surface area contributed by atoms with Crippen molar-refractivity contribution in [1.29, 1.82) is 0 Å². The van der Waals surface area contributed by atoms with Gasteiger partial charge in [-0.15, -0.1) is 0 Å². The van der Waals surface area contributed by atoms with Crippen molar-refractivity contribution in [3.8, 4) is 0 Å². The van der Waals surface area contributed by atoms with Gasteiger partial charge in [-0.3, -0.25) is 14.5 Å². The summed E-state index contributed by atoms with van der Waals surface area (Å²) in [6.45, 7) is 3.65. The molecule has 0 fully saturated rings. The molecule has 1 aromatic rings. The third-order valence-electron chi connectivity index (χ3n) is 3.19. The molecule has 94 valence electrons. The van der Waals surface area contributed by atoms with E-state index in [0.717, 1.165) is 0 Å². The molecule has 1 aromatic carbocycles. The molecule has 0 saturated carbocycles. The van der Waals surface area contributed by atoms with Crippen LogP contribution < -0.4 is 5.11 Å². The van der Waals surface area contributed by atoms with Gasteiger partial charge in [-0.25, -0.2) is 0 Å². The van der Waals surface area contributed by atoms with E-state index in [2.05, 4.69) is 0 Å². The largest absolute Gasteiger partial charge is 0.545 e. The van der Waals surface area contributed by atoms with Crippen LogP contribution in [0.15, 0.2) is 18.2 Å². The molecule has 0 aromatic heterocycles. The maximum atomic E-state index is 12.1. The summed E-state index contributed by atoms with van der Waals surface area (Å²) in [6, 6.07) is 3.64. The average molecular weight is 246 g/mol. The lowest BCUT2D eigenvalue weighted by molar-refractivity contribution is -0.255. The van der Waals surface area contributed by atoms with Gasteiger partial charge in [-0.05, 0) is 31.0 Å². The lowest BCUT2D eigenvalue weighted by Crippen LogP contribution is -2.37. The first kappa shape index (κ1) is 12.3. The topological polar surface area (TPSA) is 77.5 Å². The zero-order chi connectivity index (χ0) is 13.4. The fraction of sp³-hybridized carbons (Fsp3) is 0.308. The number of benzene rings is 1. The summed E-state index contributed by atoms with van der Waals surface area (Å²) >= 11 is 0. The zero-order valence-corrected chi connectivity index (χ0v) is 10.1. The number of amides is 2. The Labute approximate surface area is 104 Å². The van der Waals surface area contributed by atoms with Crippen LogP contribution in [-0.2, 0) is 0 Å². The highest BCUT2D eigenvalue weighted by atomic mass is 16.4. The number of carbonyl (C=O) groups is 3. The van der Waals surface area contributed by atoms with Crippen molar-refractivity contribution in [3.63, 3.8) is 0 Å². The number of carboxylic acid groups (broad SMARTS) is 1. The highest BCUT2D eigenvalue weighted by molar-refractivity contribution is 6.22. The fourth-order valence-corrected chi connectivity index (χ4v) is 1.97. The van der Waals surface area contributed by atoms with E-state index in [1.54, 1.807) is 6.92 Å². The van der Waals surface area contributed by atoms with Crippen molar-refractivity contribution in [2.24, 2.45) is 0 Å². The first-order valence-corrected chi connectivity index (χ1v) is 5.70. The van der Waals surface area contributed by atoms with Crippen LogP contribution in [0.3, 0.4) is 0 Å². The van der Waals surface area contributed by atoms with Crippen LogP contribution in [0.2, 0.25) is 0 Å². The van der Waals surface area contributed by atoms with Gasteiger partial charge in [-0.1, -0.05) is 13.0 Å². The molecule has 0 N–H and O–H groups in total. The number of carbonyl (C=O) groups excluding carboxylic acids is 3. The number of nitrogens with zero attached hydrogens (tertiary/aromatic N) is 1. The van der Waals surface area contributed by atoms with Crippen LogP contribution in [0, 0.1) is 0 Å². The van der Waals surface area contributed by atoms with Crippen LogP contribution in [0.25, 0.3) is 0 Å². The average Bonchev–Trinajstić information content (AvgIpc) is 2.61. The first-order chi connectivity index (χ1) is 8.47. The van der Waals surface area contributed by atoms with E-state index < -0.39 is 11.9 Å². The minimum absolute atomic E-state index is 0.0964. The van der Waals surface area contributed by atoms with E-state index in [0.29, 0.717) is 6.42 Å². The lowest BCUT2D eigenvalue weighted by atomic mass is 10.1. The van der Waals surface area contributed by atoms with E-state index in [9.17, 15) is 19.5 Å². The molecule has 2 rings (SSSR count). The van der Waals surface area contributed by atoms with Crippen LogP contribution in [0.5, 0.6) is 0 Å². The van der Waals surface area contributed by atoms with Crippen molar-refractivity contribution in [1.82, 2.24) is 4.90 Å². The third-order valence-corrected chi connectivity index (χ3v) is 3.19. The number of aromatic carboxylic acids is 1. The van der Waals surface area contributed by atoms with Crippen LogP contribution >= 0.6 is 0 Å². The Bertz CT molecular complexity index is 550. The van der Waals surface area contributed by atoms with Gasteiger partial charge in [0.15, 0.2) is 0 Å². The Morgan fingerprint density at radius 2 is 1.89 bits per heavy atom. The van der Waals surface area contributed by atoms with Crippen molar-refractivity contribution in [2.75, 3.05) is 0 Å². The molecule has 0 saturated heterocycles. The molecule has 1 aliphatic rings. The SMILES string of the molecule is CCC(C)N1C(=O)c2ccc(C(=O)[O-])cc2C1=O. The summed E-state index contributed by atoms with van der Waals surface area (Å²) in [5, 5.41) is 10.7. The maximum absolute atomic E-state index is 12.1. The molecule has 1 unspecified atom stereocenters. The van der Waals surface area contributed by atoms with Crippen molar-refractivity contribution < 1.29 is 19.5 Å². The maximum Gasteiger partial charge on any atom is 0.261 e. The molecule has 0 radical (unpaired) electrons. The van der Waals surface area contributed by atoms with Gasteiger partial charge in [0.25, 0.3) is 11.8 Å². The number of hydrogen-bond acceptors (Lipinski definition) is 4. The molecule has 2 amide bonds. The Morgan fingerprint density at radius 1 is 1.28 bits per heavy atom. The Hall–Kier alpha value is -2.17. The molecular weight excluding hydrogens is 234 g/mol. The molecule has 1 atom stereocenters. The Balaban J connectivity index is 2.49. The minimum Gasteiger partial charge on any atom is -0.545 e. The molecule has 18 heavy (non-hydrogen) atoms. The Kier molecular flexibility index (Phi) is 2.90. The summed E-state index contributed by atoms with van der Waals surface area (Å²) in [4.78, 5) is 36.0. The summed E-state index contributed by atoms with van der Waals surface area (Å²) in [6.07, 6.45) is 0.652. The highest BCUT2D eigenvalue weighted by Crippen LogP contribution is 2.26. The fourth-order valence-electron chi connectivity index (χ4n) is 1.97. The number of imide groups is 1. The van der Waals surface area contributed by atoms with Gasteiger partial charge in [0.05, 0.1) is 17.1 Å². The second-order valence-corrected chi connectivity index (χ2v) is 4.29. The molecule has 0 aliphatic carbocycles. The smallest absolute Gasteiger partial charge is 0.261 e. The highest BCUT2D eigenvalue weighted by Gasteiger charge is 2.37. The van der Waals surface area contributed by atoms with Crippen LogP contribution in [0.1, 0.15) is 51.3 Å². The third kappa shape index (κ3) is 1.68. The van der Waals surface area contributed by atoms with Gasteiger partial charge >= 0.3 is 0 Å². The molecule has 0 bridgehead atoms. The second-order valence-electron chi connectivity index (χ2n) is 4.29. The van der Waals surface area contributed by atoms with Gasteiger partial charge in [0, 0.05) is 6.04 Å². The van der Waals surface area contributed by atoms with Crippen LogP contribution in [-0.4, -0.2) is 28.7 Å². The molecule has 1 aliphatic heterocycles. The molecule has 0 spiro atoms. The van der Waals surface area contributed by atoms with Gasteiger partial charge in [0.2, 0.25) is 0 Å². The summed E-state index contributed by atoms with van der Waals surface area (Å²) in [5.74, 6) is -2.17. The lowest BCUT2D eigenvalue weighted by Gasteiger charge is -2.20. The van der Waals surface area contributed by atoms with E-state index in [1.807, 2.05) is 6.92 Å². The van der Waals surface area contributed by atoms with E-state index in [-0.39, 0.29) is 28.6 Å². The minimum atomic E-state index is -1.36. The van der Waals surface area contributed by atoms with Crippen molar-refractivity contribution >= 4 is 17.8 Å². The zero-order valence-electron chi connectivity index (χ0n) is 10.1. The van der Waals surface area contributed by atoms with Gasteiger partial charge in [0.1, 0.15) is 0 Å². The van der Waals surface area contributed by atoms with Crippen molar-refractivity contribution in [2.45, 2.75) is 26.3 Å². The first-order valence-electron chi connectivity index (χ1n) is 5.70. The van der Waals surface area contributed by atoms with Crippen molar-refractivity contribution in [3.05, 3.63) is 34.9 Å². The number of rotatable bonds is 3. The number of hydrogen-bond donors (Lipinski definition) is 0. The summed E-state index contributed by atoms with van der Waals surface area (Å²) < 4.78 is 0. The quantitative estimate of drug-likeness (QED) is 0.725. The van der Waals surface area contributed by atoms with Crippen LogP contribution in [0.4, 0.5) is 0 Å².